The molecule has 0 aliphatic carbocycles. The Kier molecular flexibility index (Phi) is 4.75. The highest BCUT2D eigenvalue weighted by Gasteiger charge is 2.18. The summed E-state index contributed by atoms with van der Waals surface area (Å²) in [6.07, 6.45) is 0.682. The van der Waals surface area contributed by atoms with Crippen molar-refractivity contribution in [2.45, 2.75) is 39.5 Å². The zero-order valence-corrected chi connectivity index (χ0v) is 12.1. The lowest BCUT2D eigenvalue weighted by atomic mass is 10.1. The number of aromatic nitrogens is 1. The third kappa shape index (κ3) is 4.36. The number of aryl methyl sites for hydroxylation is 1. The minimum atomic E-state index is -4.26. The number of hydrogen-bond acceptors (Lipinski definition) is 4. The molecule has 0 aromatic carbocycles. The lowest BCUT2D eigenvalue weighted by molar-refractivity contribution is 0.383. The van der Waals surface area contributed by atoms with E-state index in [1.807, 2.05) is 13.8 Å². The average molecular weight is 289 g/mol. The van der Waals surface area contributed by atoms with Gasteiger partial charge in [0.2, 0.25) is 0 Å². The number of aromatic hydroxyl groups is 1. The smallest absolute Gasteiger partial charge is 0.269 e. The van der Waals surface area contributed by atoms with Gasteiger partial charge in [-0.05, 0) is 24.8 Å². The molecular weight excluding hydrogens is 270 g/mol. The molecule has 2 N–H and O–H groups in total. The molecule has 0 aliphatic rings. The van der Waals surface area contributed by atoms with Gasteiger partial charge in [-0.25, -0.2) is 0 Å². The summed E-state index contributed by atoms with van der Waals surface area (Å²) >= 11 is 0. The fourth-order valence-electron chi connectivity index (χ4n) is 1.76. The van der Waals surface area contributed by atoms with Gasteiger partial charge >= 0.3 is 0 Å². The zero-order valence-electron chi connectivity index (χ0n) is 11.3. The van der Waals surface area contributed by atoms with Crippen molar-refractivity contribution >= 4 is 10.1 Å². The first kappa shape index (κ1) is 15.7. The first-order chi connectivity index (χ1) is 8.61. The van der Waals surface area contributed by atoms with Crippen LogP contribution < -0.4 is 5.56 Å². The molecule has 0 fully saturated rings. The Morgan fingerprint density at radius 3 is 2.42 bits per heavy atom. The normalized spacial score (nSPS) is 12.1. The summed E-state index contributed by atoms with van der Waals surface area (Å²) in [4.78, 5) is 11.8. The maximum Gasteiger partial charge on any atom is 0.269 e. The monoisotopic (exact) mass is 289 g/mol. The van der Waals surface area contributed by atoms with E-state index in [-0.39, 0.29) is 17.0 Å². The van der Waals surface area contributed by atoms with Gasteiger partial charge in [-0.15, -0.1) is 0 Å². The van der Waals surface area contributed by atoms with Gasteiger partial charge in [0.05, 0.1) is 0 Å². The third-order valence-electron chi connectivity index (χ3n) is 2.86. The lowest BCUT2D eigenvalue weighted by Crippen LogP contribution is -2.22. The Balaban J connectivity index is 3.26. The molecule has 0 radical (unpaired) electrons. The van der Waals surface area contributed by atoms with E-state index >= 15 is 0 Å². The van der Waals surface area contributed by atoms with Gasteiger partial charge in [0.15, 0.2) is 5.88 Å². The largest absolute Gasteiger partial charge is 0.494 e. The molecule has 0 spiro atoms. The Morgan fingerprint density at radius 1 is 1.37 bits per heavy atom. The van der Waals surface area contributed by atoms with Gasteiger partial charge in [0.25, 0.3) is 15.7 Å². The van der Waals surface area contributed by atoms with Crippen LogP contribution in [0.25, 0.3) is 0 Å². The van der Waals surface area contributed by atoms with Crippen LogP contribution in [-0.4, -0.2) is 22.6 Å². The maximum atomic E-state index is 11.8. The van der Waals surface area contributed by atoms with E-state index in [2.05, 4.69) is 0 Å². The van der Waals surface area contributed by atoms with E-state index in [4.69, 9.17) is 4.55 Å². The molecule has 0 bridgehead atoms. The van der Waals surface area contributed by atoms with Gasteiger partial charge < -0.3 is 5.11 Å². The van der Waals surface area contributed by atoms with Gasteiger partial charge in [0, 0.05) is 18.2 Å². The molecule has 0 saturated heterocycles. The van der Waals surface area contributed by atoms with Crippen LogP contribution >= 0.6 is 0 Å². The quantitative estimate of drug-likeness (QED) is 0.796. The second-order valence-corrected chi connectivity index (χ2v) is 6.48. The Hall–Kier alpha value is -1.34. The Morgan fingerprint density at radius 2 is 1.95 bits per heavy atom. The molecule has 0 atom stereocenters. The topological polar surface area (TPSA) is 96.6 Å². The third-order valence-corrected chi connectivity index (χ3v) is 3.52. The van der Waals surface area contributed by atoms with Gasteiger partial charge in [-0.1, -0.05) is 13.8 Å². The lowest BCUT2D eigenvalue weighted by Gasteiger charge is -2.14. The number of hydrogen-bond donors (Lipinski definition) is 2. The summed E-state index contributed by atoms with van der Waals surface area (Å²) in [5.41, 5.74) is 0.0292. The highest BCUT2D eigenvalue weighted by atomic mass is 32.2. The Labute approximate surface area is 112 Å². The second-order valence-electron chi connectivity index (χ2n) is 5.03. The van der Waals surface area contributed by atoms with Crippen molar-refractivity contribution in [3.63, 3.8) is 0 Å². The highest BCUT2D eigenvalue weighted by molar-refractivity contribution is 7.85. The van der Waals surface area contributed by atoms with Gasteiger partial charge in [-0.2, -0.15) is 8.42 Å². The summed E-state index contributed by atoms with van der Waals surface area (Å²) < 4.78 is 31.9. The minimum absolute atomic E-state index is 0.0610. The van der Waals surface area contributed by atoms with Crippen LogP contribution in [0.15, 0.2) is 10.9 Å². The summed E-state index contributed by atoms with van der Waals surface area (Å²) in [6, 6.07) is 1.26. The van der Waals surface area contributed by atoms with Crippen molar-refractivity contribution in [2.75, 3.05) is 0 Å². The van der Waals surface area contributed by atoms with Crippen LogP contribution in [0.1, 0.15) is 31.4 Å². The molecule has 0 unspecified atom stereocenters. The number of rotatable bonds is 5. The zero-order chi connectivity index (χ0) is 14.8. The first-order valence-electron chi connectivity index (χ1n) is 5.99. The van der Waals surface area contributed by atoms with Crippen molar-refractivity contribution in [1.82, 2.24) is 4.57 Å². The van der Waals surface area contributed by atoms with Gasteiger partial charge in [0.1, 0.15) is 5.75 Å². The predicted octanol–water partition coefficient (Wildman–Crippen LogP) is 1.30. The van der Waals surface area contributed by atoms with Gasteiger partial charge in [-0.3, -0.25) is 13.9 Å². The first-order valence-corrected chi connectivity index (χ1v) is 7.60. The van der Waals surface area contributed by atoms with E-state index in [0.29, 0.717) is 24.4 Å². The Bertz CT molecular complexity index is 616. The highest BCUT2D eigenvalue weighted by Crippen LogP contribution is 2.21. The SMILES string of the molecule is Cc1cc(=O)n(CCC(C)C)c(O)c1CS(=O)(=O)O. The molecule has 0 aliphatic heterocycles. The molecule has 19 heavy (non-hydrogen) atoms. The molecule has 6 nitrogen and oxygen atoms in total. The molecule has 0 amide bonds. The average Bonchev–Trinajstić information content (AvgIpc) is 2.22. The fraction of sp³-hybridized carbons (Fsp3) is 0.583. The summed E-state index contributed by atoms with van der Waals surface area (Å²) in [5, 5.41) is 10.0. The van der Waals surface area contributed by atoms with Crippen molar-refractivity contribution in [3.8, 4) is 5.88 Å². The van der Waals surface area contributed by atoms with E-state index in [0.717, 1.165) is 4.57 Å². The molecular formula is C12H19NO5S. The van der Waals surface area contributed by atoms with Crippen LogP contribution in [0.3, 0.4) is 0 Å². The molecule has 1 aromatic rings. The molecule has 108 valence electrons. The van der Waals surface area contributed by atoms with E-state index < -0.39 is 15.9 Å². The van der Waals surface area contributed by atoms with Crippen molar-refractivity contribution in [3.05, 3.63) is 27.5 Å². The predicted molar refractivity (Wildman–Crippen MR) is 71.8 cm³/mol. The van der Waals surface area contributed by atoms with Crippen molar-refractivity contribution < 1.29 is 18.1 Å². The molecule has 7 heteroatoms. The van der Waals surface area contributed by atoms with Crippen molar-refractivity contribution in [1.29, 1.82) is 0 Å². The number of pyridine rings is 1. The molecule has 0 saturated carbocycles. The van der Waals surface area contributed by atoms with Crippen LogP contribution in [0.2, 0.25) is 0 Å². The molecule has 1 rings (SSSR count). The van der Waals surface area contributed by atoms with E-state index in [9.17, 15) is 18.3 Å². The van der Waals surface area contributed by atoms with Crippen LogP contribution in [0, 0.1) is 12.8 Å². The maximum absolute atomic E-state index is 11.8. The van der Waals surface area contributed by atoms with Crippen LogP contribution in [-0.2, 0) is 22.4 Å². The molecule has 1 aromatic heterocycles. The summed E-state index contributed by atoms with van der Waals surface area (Å²) in [7, 11) is -4.26. The van der Waals surface area contributed by atoms with Crippen molar-refractivity contribution in [2.24, 2.45) is 5.92 Å². The molecule has 1 heterocycles. The van der Waals surface area contributed by atoms with Crippen LogP contribution in [0.5, 0.6) is 5.88 Å². The number of nitrogens with zero attached hydrogens (tertiary/aromatic N) is 1. The fourth-order valence-corrected chi connectivity index (χ4v) is 2.48. The standard InChI is InChI=1S/C12H19NO5S/c1-8(2)4-5-13-11(14)6-9(3)10(12(13)15)7-19(16,17)18/h6,8,15H,4-5,7H2,1-3H3,(H,16,17,18). The van der Waals surface area contributed by atoms with E-state index in [1.54, 1.807) is 0 Å². The summed E-state index contributed by atoms with van der Waals surface area (Å²) in [5.74, 6) is -0.743. The minimum Gasteiger partial charge on any atom is -0.494 e. The summed E-state index contributed by atoms with van der Waals surface area (Å²) in [6.45, 7) is 5.79. The van der Waals surface area contributed by atoms with E-state index in [1.165, 1.54) is 13.0 Å². The van der Waals surface area contributed by atoms with Crippen LogP contribution in [0.4, 0.5) is 0 Å². The second kappa shape index (κ2) is 5.75.